The number of pyridine rings is 1. The van der Waals surface area contributed by atoms with Crippen molar-refractivity contribution in [3.05, 3.63) is 24.1 Å². The van der Waals surface area contributed by atoms with Gasteiger partial charge in [-0.15, -0.1) is 0 Å². The van der Waals surface area contributed by atoms with Crippen LogP contribution in [0.15, 0.2) is 18.3 Å². The Bertz CT molecular complexity index is 500. The van der Waals surface area contributed by atoms with Crippen molar-refractivity contribution in [3.8, 4) is 0 Å². The maximum Gasteiger partial charge on any atom is 0.317 e. The van der Waals surface area contributed by atoms with E-state index in [1.807, 2.05) is 4.90 Å². The predicted octanol–water partition coefficient (Wildman–Crippen LogP) is 0.822. The molecule has 0 aliphatic carbocycles. The normalized spacial score (nSPS) is 19.4. The van der Waals surface area contributed by atoms with Crippen LogP contribution in [0.3, 0.4) is 0 Å². The first-order valence-corrected chi connectivity index (χ1v) is 7.02. The molecule has 7 heteroatoms. The fraction of sp³-hybridized carbons (Fsp3) is 0.571. The quantitative estimate of drug-likeness (QED) is 0.863. The highest BCUT2D eigenvalue weighted by molar-refractivity contribution is 5.74. The van der Waals surface area contributed by atoms with Gasteiger partial charge in [0.25, 0.3) is 0 Å². The summed E-state index contributed by atoms with van der Waals surface area (Å²) in [5.74, 6) is -0.0261. The van der Waals surface area contributed by atoms with E-state index in [-0.39, 0.29) is 30.5 Å². The number of aliphatic hydroxyl groups excluding tert-OH is 1. The number of carbonyl (C=O) groups excluding carboxylic acids is 1. The number of hydrogen-bond donors (Lipinski definition) is 2. The molecule has 0 spiro atoms. The van der Waals surface area contributed by atoms with Crippen molar-refractivity contribution in [1.29, 1.82) is 0 Å². The fourth-order valence-electron chi connectivity index (χ4n) is 2.28. The van der Waals surface area contributed by atoms with Crippen molar-refractivity contribution in [2.45, 2.75) is 25.4 Å². The Hall–Kier alpha value is -1.89. The summed E-state index contributed by atoms with van der Waals surface area (Å²) in [4.78, 5) is 19.3. The van der Waals surface area contributed by atoms with Gasteiger partial charge in [-0.2, -0.15) is 0 Å². The molecule has 116 valence electrons. The van der Waals surface area contributed by atoms with Crippen molar-refractivity contribution in [2.75, 3.05) is 31.6 Å². The highest BCUT2D eigenvalue weighted by Crippen LogP contribution is 2.20. The Balaban J connectivity index is 1.91. The molecule has 1 aliphatic heterocycles. The number of amides is 2. The average Bonchev–Trinajstić information content (AvgIpc) is 2.94. The Morgan fingerprint density at radius 1 is 1.71 bits per heavy atom. The lowest BCUT2D eigenvalue weighted by atomic mass is 10.2. The van der Waals surface area contributed by atoms with Gasteiger partial charge in [0.1, 0.15) is 0 Å². The smallest absolute Gasteiger partial charge is 0.317 e. The zero-order valence-corrected chi connectivity index (χ0v) is 12.3. The van der Waals surface area contributed by atoms with E-state index in [1.54, 1.807) is 26.2 Å². The van der Waals surface area contributed by atoms with Gasteiger partial charge in [-0.1, -0.05) is 0 Å². The van der Waals surface area contributed by atoms with Gasteiger partial charge < -0.3 is 20.2 Å². The monoisotopic (exact) mass is 296 g/mol. The summed E-state index contributed by atoms with van der Waals surface area (Å²) in [5, 5.41) is 12.0. The van der Waals surface area contributed by atoms with Gasteiger partial charge in [-0.25, -0.2) is 14.2 Å². The summed E-state index contributed by atoms with van der Waals surface area (Å²) in [7, 11) is 1.64. The number of carbonyl (C=O) groups is 1. The summed E-state index contributed by atoms with van der Waals surface area (Å²) in [6, 6.07) is 2.41. The van der Waals surface area contributed by atoms with Crippen LogP contribution in [0.25, 0.3) is 0 Å². The van der Waals surface area contributed by atoms with Crippen molar-refractivity contribution in [3.63, 3.8) is 0 Å². The second-order valence-electron chi connectivity index (χ2n) is 5.33. The second kappa shape index (κ2) is 6.71. The lowest BCUT2D eigenvalue weighted by Crippen LogP contribution is -2.48. The van der Waals surface area contributed by atoms with Crippen molar-refractivity contribution in [1.82, 2.24) is 15.2 Å². The molecule has 1 saturated heterocycles. The standard InChI is InChI=1S/C14H21FN4O2/c1-10(9-20)18(2)14(21)17-11-5-7-19(8-11)13-12(15)4-3-6-16-13/h3-4,6,10-11,20H,5,7-9H2,1-2H3,(H,17,21). The fourth-order valence-corrected chi connectivity index (χ4v) is 2.28. The van der Waals surface area contributed by atoms with Gasteiger partial charge in [0.15, 0.2) is 11.6 Å². The minimum atomic E-state index is -0.351. The van der Waals surface area contributed by atoms with Crippen molar-refractivity contribution in [2.24, 2.45) is 0 Å². The molecule has 2 rings (SSSR count). The van der Waals surface area contributed by atoms with Crippen LogP contribution in [0, 0.1) is 5.82 Å². The summed E-state index contributed by atoms with van der Waals surface area (Å²) >= 11 is 0. The first-order chi connectivity index (χ1) is 10.0. The van der Waals surface area contributed by atoms with Gasteiger partial charge in [0.05, 0.1) is 12.6 Å². The molecule has 2 heterocycles. The molecule has 1 aliphatic rings. The number of aromatic nitrogens is 1. The Morgan fingerprint density at radius 2 is 2.48 bits per heavy atom. The third-order valence-electron chi connectivity index (χ3n) is 3.80. The highest BCUT2D eigenvalue weighted by Gasteiger charge is 2.27. The average molecular weight is 296 g/mol. The molecule has 1 aromatic heterocycles. The topological polar surface area (TPSA) is 68.7 Å². The Kier molecular flexibility index (Phi) is 4.95. The molecular formula is C14H21FN4O2. The van der Waals surface area contributed by atoms with Crippen LogP contribution >= 0.6 is 0 Å². The third-order valence-corrected chi connectivity index (χ3v) is 3.80. The number of urea groups is 1. The van der Waals surface area contributed by atoms with E-state index in [0.717, 1.165) is 6.42 Å². The largest absolute Gasteiger partial charge is 0.394 e. The molecule has 0 bridgehead atoms. The summed E-state index contributed by atoms with van der Waals surface area (Å²) < 4.78 is 13.7. The maximum atomic E-state index is 13.7. The number of halogens is 1. The second-order valence-corrected chi connectivity index (χ2v) is 5.33. The summed E-state index contributed by atoms with van der Waals surface area (Å²) in [6.07, 6.45) is 2.30. The molecule has 0 aromatic carbocycles. The van der Waals surface area contributed by atoms with Crippen molar-refractivity contribution >= 4 is 11.8 Å². The van der Waals surface area contributed by atoms with Crippen LogP contribution in [-0.2, 0) is 0 Å². The summed E-state index contributed by atoms with van der Waals surface area (Å²) in [5.41, 5.74) is 0. The maximum absolute atomic E-state index is 13.7. The van der Waals surface area contributed by atoms with Gasteiger partial charge in [0.2, 0.25) is 0 Å². The molecular weight excluding hydrogens is 275 g/mol. The van der Waals surface area contributed by atoms with Crippen LogP contribution in [0.4, 0.5) is 15.0 Å². The molecule has 6 nitrogen and oxygen atoms in total. The minimum absolute atomic E-state index is 0.0488. The van der Waals surface area contributed by atoms with Crippen molar-refractivity contribution < 1.29 is 14.3 Å². The molecule has 1 aromatic rings. The van der Waals surface area contributed by atoms with E-state index in [4.69, 9.17) is 5.11 Å². The summed E-state index contributed by atoms with van der Waals surface area (Å²) in [6.45, 7) is 2.86. The van der Waals surface area contributed by atoms with E-state index < -0.39 is 0 Å². The Labute approximate surface area is 123 Å². The molecule has 2 unspecified atom stereocenters. The third kappa shape index (κ3) is 3.60. The molecule has 21 heavy (non-hydrogen) atoms. The van der Waals surface area contributed by atoms with Crippen LogP contribution in [0.1, 0.15) is 13.3 Å². The first kappa shape index (κ1) is 15.5. The molecule has 2 amide bonds. The highest BCUT2D eigenvalue weighted by atomic mass is 19.1. The zero-order chi connectivity index (χ0) is 15.4. The van der Waals surface area contributed by atoms with Gasteiger partial charge in [-0.3, -0.25) is 0 Å². The van der Waals surface area contributed by atoms with E-state index in [2.05, 4.69) is 10.3 Å². The van der Waals surface area contributed by atoms with Crippen LogP contribution in [-0.4, -0.2) is 59.8 Å². The van der Waals surface area contributed by atoms with E-state index >= 15 is 0 Å². The molecule has 2 N–H and O–H groups in total. The minimum Gasteiger partial charge on any atom is -0.394 e. The number of aliphatic hydroxyl groups is 1. The number of likely N-dealkylation sites (N-methyl/N-ethyl adjacent to an activating group) is 1. The Morgan fingerprint density at radius 3 is 3.14 bits per heavy atom. The SMILES string of the molecule is CC(CO)N(C)C(=O)NC1CCN(c2ncccc2F)C1. The number of rotatable bonds is 4. The number of nitrogens with zero attached hydrogens (tertiary/aromatic N) is 3. The molecule has 0 saturated carbocycles. The van der Waals surface area contributed by atoms with Gasteiger partial charge >= 0.3 is 6.03 Å². The van der Waals surface area contributed by atoms with Crippen LogP contribution in [0.5, 0.6) is 0 Å². The number of anilines is 1. The molecule has 0 radical (unpaired) electrons. The lowest BCUT2D eigenvalue weighted by Gasteiger charge is -2.25. The molecule has 2 atom stereocenters. The van der Waals surface area contributed by atoms with E-state index in [9.17, 15) is 9.18 Å². The first-order valence-electron chi connectivity index (χ1n) is 7.02. The van der Waals surface area contributed by atoms with Gasteiger partial charge in [-0.05, 0) is 25.5 Å². The van der Waals surface area contributed by atoms with Gasteiger partial charge in [0, 0.05) is 32.4 Å². The van der Waals surface area contributed by atoms with E-state index in [1.165, 1.54) is 11.0 Å². The van der Waals surface area contributed by atoms with Crippen LogP contribution < -0.4 is 10.2 Å². The molecule has 1 fully saturated rings. The van der Waals surface area contributed by atoms with Crippen LogP contribution in [0.2, 0.25) is 0 Å². The predicted molar refractivity (Wildman–Crippen MR) is 77.7 cm³/mol. The number of nitrogens with one attached hydrogen (secondary N) is 1. The zero-order valence-electron chi connectivity index (χ0n) is 12.3. The number of hydrogen-bond acceptors (Lipinski definition) is 4. The lowest BCUT2D eigenvalue weighted by molar-refractivity contribution is 0.155. The van der Waals surface area contributed by atoms with E-state index in [0.29, 0.717) is 18.9 Å².